The second-order valence-electron chi connectivity index (χ2n) is 8.57. The van der Waals surface area contributed by atoms with Gasteiger partial charge in [0.2, 0.25) is 5.91 Å². The summed E-state index contributed by atoms with van der Waals surface area (Å²) in [5, 5.41) is 31.3. The van der Waals surface area contributed by atoms with Gasteiger partial charge in [0, 0.05) is 6.04 Å². The number of nitrogens with one attached hydrogen (secondary N) is 1. The number of carbonyl (C=O) groups excluding carboxylic acids is 2. The summed E-state index contributed by atoms with van der Waals surface area (Å²) in [4.78, 5) is 47.6. The van der Waals surface area contributed by atoms with Gasteiger partial charge < -0.3 is 35.7 Å². The molecule has 0 radical (unpaired) electrons. The second kappa shape index (κ2) is 11.3. The van der Waals surface area contributed by atoms with Gasteiger partial charge in [-0.3, -0.25) is 19.2 Å². The van der Waals surface area contributed by atoms with Gasteiger partial charge in [0.15, 0.2) is 5.60 Å². The number of carbonyl (C=O) groups is 4. The van der Waals surface area contributed by atoms with Crippen molar-refractivity contribution in [2.75, 3.05) is 0 Å². The van der Waals surface area contributed by atoms with Crippen molar-refractivity contribution in [3.8, 4) is 0 Å². The van der Waals surface area contributed by atoms with Crippen LogP contribution in [0.25, 0.3) is 0 Å². The lowest BCUT2D eigenvalue weighted by Gasteiger charge is -2.26. The number of hydrogen-bond donors (Lipinski definition) is 5. The summed E-state index contributed by atoms with van der Waals surface area (Å²) in [7, 11) is -1.43. The van der Waals surface area contributed by atoms with E-state index >= 15 is 0 Å². The smallest absolute Gasteiger partial charge is 0.506 e. The molecule has 180 valence electrons. The molecule has 1 aromatic carbocycles. The van der Waals surface area contributed by atoms with Crippen LogP contribution in [0.1, 0.15) is 38.7 Å². The number of carboxylic acid groups (broad SMARTS) is 2. The Morgan fingerprint density at radius 1 is 1.12 bits per heavy atom. The topological polar surface area (TPSA) is 185 Å². The molecule has 33 heavy (non-hydrogen) atoms. The van der Waals surface area contributed by atoms with Crippen LogP contribution in [-0.2, 0) is 34.9 Å². The van der Waals surface area contributed by atoms with Gasteiger partial charge >= 0.3 is 25.0 Å². The maximum atomic E-state index is 12.7. The lowest BCUT2D eigenvalue weighted by atomic mass is 9.73. The van der Waals surface area contributed by atoms with Crippen molar-refractivity contribution in [2.45, 2.75) is 63.2 Å². The number of benzene rings is 1. The van der Waals surface area contributed by atoms with E-state index in [2.05, 4.69) is 5.32 Å². The molecular formula is C21H29BN2O9. The summed E-state index contributed by atoms with van der Waals surface area (Å²) >= 11 is 0. The predicted octanol–water partition coefficient (Wildman–Crippen LogP) is -0.263. The molecular weight excluding hydrogens is 435 g/mol. The Kier molecular flexibility index (Phi) is 8.97. The third-order valence-corrected chi connectivity index (χ3v) is 5.18. The Balaban J connectivity index is 2.15. The van der Waals surface area contributed by atoms with E-state index in [0.29, 0.717) is 0 Å². The van der Waals surface area contributed by atoms with Gasteiger partial charge in [-0.1, -0.05) is 44.2 Å². The molecule has 1 aliphatic heterocycles. The van der Waals surface area contributed by atoms with Gasteiger partial charge in [-0.25, -0.2) is 0 Å². The Morgan fingerprint density at radius 3 is 2.21 bits per heavy atom. The van der Waals surface area contributed by atoms with Crippen molar-refractivity contribution in [1.82, 2.24) is 5.32 Å². The molecule has 1 aromatic rings. The normalized spacial score (nSPS) is 17.8. The quantitative estimate of drug-likeness (QED) is 0.258. The van der Waals surface area contributed by atoms with E-state index < -0.39 is 67.5 Å². The standard InChI is InChI=1S/C21H29BN2O9/c1-12(2)8-15(22-32-20(31)21(33-22,10-16(25)26)11-17(27)28)24-19(30)18(29)14(23)9-13-6-4-3-5-7-13/h3-7,12,14-15,18,29H,8-11,23H2,1-2H3,(H,24,30)(H,25,26)(H,27,28). The van der Waals surface area contributed by atoms with Crippen LogP contribution in [0.4, 0.5) is 0 Å². The first-order valence-electron chi connectivity index (χ1n) is 10.5. The van der Waals surface area contributed by atoms with Crippen LogP contribution in [0.15, 0.2) is 30.3 Å². The van der Waals surface area contributed by atoms with Gasteiger partial charge in [0.1, 0.15) is 6.10 Å². The van der Waals surface area contributed by atoms with E-state index in [1.54, 1.807) is 12.1 Å². The van der Waals surface area contributed by atoms with Crippen molar-refractivity contribution in [1.29, 1.82) is 0 Å². The molecule has 0 aromatic heterocycles. The number of nitrogens with two attached hydrogens (primary N) is 1. The number of carboxylic acids is 2. The van der Waals surface area contributed by atoms with Gasteiger partial charge in [-0.2, -0.15) is 0 Å². The monoisotopic (exact) mass is 464 g/mol. The maximum absolute atomic E-state index is 12.7. The lowest BCUT2D eigenvalue weighted by Crippen LogP contribution is -2.55. The summed E-state index contributed by atoms with van der Waals surface area (Å²) < 4.78 is 10.7. The van der Waals surface area contributed by atoms with Crippen LogP contribution < -0.4 is 11.1 Å². The van der Waals surface area contributed by atoms with Crippen molar-refractivity contribution < 1.29 is 43.8 Å². The number of amides is 1. The van der Waals surface area contributed by atoms with E-state index in [1.165, 1.54) is 0 Å². The molecule has 1 amide bonds. The van der Waals surface area contributed by atoms with Gasteiger partial charge in [0.25, 0.3) is 0 Å². The van der Waals surface area contributed by atoms with Crippen LogP contribution >= 0.6 is 0 Å². The number of rotatable bonds is 12. The minimum Gasteiger partial charge on any atom is -0.506 e. The zero-order valence-electron chi connectivity index (χ0n) is 18.5. The Hall–Kier alpha value is -2.96. The molecule has 12 heteroatoms. The fourth-order valence-electron chi connectivity index (χ4n) is 3.66. The summed E-state index contributed by atoms with van der Waals surface area (Å²) in [5.74, 6) is -5.84. The predicted molar refractivity (Wildman–Crippen MR) is 116 cm³/mol. The molecule has 0 spiro atoms. The van der Waals surface area contributed by atoms with E-state index in [1.807, 2.05) is 32.0 Å². The van der Waals surface area contributed by atoms with Gasteiger partial charge in [0.05, 0.1) is 18.8 Å². The average molecular weight is 464 g/mol. The number of aliphatic carboxylic acids is 2. The summed E-state index contributed by atoms with van der Waals surface area (Å²) in [6, 6.07) is 8.13. The number of aliphatic hydroxyl groups is 1. The summed E-state index contributed by atoms with van der Waals surface area (Å²) in [5.41, 5.74) is 4.61. The molecule has 1 aliphatic rings. The minimum absolute atomic E-state index is 0.0262. The Labute approximate surface area is 191 Å². The highest BCUT2D eigenvalue weighted by Gasteiger charge is 2.58. The highest BCUT2D eigenvalue weighted by molar-refractivity contribution is 6.51. The van der Waals surface area contributed by atoms with Gasteiger partial charge in [-0.05, 0) is 24.3 Å². The van der Waals surface area contributed by atoms with E-state index in [-0.39, 0.29) is 18.8 Å². The number of aliphatic hydroxyl groups excluding tert-OH is 1. The fourth-order valence-corrected chi connectivity index (χ4v) is 3.66. The third kappa shape index (κ3) is 7.27. The molecule has 3 atom stereocenters. The summed E-state index contributed by atoms with van der Waals surface area (Å²) in [6.07, 6.45) is -2.94. The molecule has 2 rings (SSSR count). The molecule has 0 aliphatic carbocycles. The van der Waals surface area contributed by atoms with Crippen molar-refractivity contribution >= 4 is 30.9 Å². The van der Waals surface area contributed by atoms with Crippen molar-refractivity contribution in [3.63, 3.8) is 0 Å². The molecule has 1 fully saturated rings. The maximum Gasteiger partial charge on any atom is 0.552 e. The molecule has 11 nitrogen and oxygen atoms in total. The first-order valence-corrected chi connectivity index (χ1v) is 10.5. The van der Waals surface area contributed by atoms with Crippen LogP contribution in [0, 0.1) is 5.92 Å². The van der Waals surface area contributed by atoms with Gasteiger partial charge in [-0.15, -0.1) is 0 Å². The average Bonchev–Trinajstić information content (AvgIpc) is 3.01. The molecule has 3 unspecified atom stereocenters. The highest BCUT2D eigenvalue weighted by Crippen LogP contribution is 2.32. The van der Waals surface area contributed by atoms with Crippen molar-refractivity contribution in [2.24, 2.45) is 11.7 Å². The molecule has 1 saturated heterocycles. The fraction of sp³-hybridized carbons (Fsp3) is 0.524. The molecule has 1 heterocycles. The van der Waals surface area contributed by atoms with Crippen molar-refractivity contribution in [3.05, 3.63) is 35.9 Å². The highest BCUT2D eigenvalue weighted by atomic mass is 16.7. The SMILES string of the molecule is CC(C)CC(NC(=O)C(O)C(N)Cc1ccccc1)B1OC(=O)C(CC(=O)O)(CC(=O)O)O1. The van der Waals surface area contributed by atoms with E-state index in [4.69, 9.17) is 25.3 Å². The molecule has 0 bridgehead atoms. The van der Waals surface area contributed by atoms with Crippen LogP contribution in [-0.4, -0.2) is 69.9 Å². The van der Waals surface area contributed by atoms with E-state index in [9.17, 15) is 24.3 Å². The zero-order chi connectivity index (χ0) is 24.8. The first-order chi connectivity index (χ1) is 15.4. The second-order valence-corrected chi connectivity index (χ2v) is 8.57. The minimum atomic E-state index is -2.22. The lowest BCUT2D eigenvalue weighted by molar-refractivity contribution is -0.157. The molecule has 0 saturated carbocycles. The van der Waals surface area contributed by atoms with E-state index in [0.717, 1.165) is 5.56 Å². The third-order valence-electron chi connectivity index (χ3n) is 5.18. The zero-order valence-corrected chi connectivity index (χ0v) is 18.5. The summed E-state index contributed by atoms with van der Waals surface area (Å²) in [6.45, 7) is 3.66. The number of hydrogen-bond acceptors (Lipinski definition) is 8. The van der Waals surface area contributed by atoms with Crippen LogP contribution in [0.2, 0.25) is 0 Å². The largest absolute Gasteiger partial charge is 0.552 e. The Morgan fingerprint density at radius 2 is 1.70 bits per heavy atom. The van der Waals surface area contributed by atoms with Crippen LogP contribution in [0.5, 0.6) is 0 Å². The van der Waals surface area contributed by atoms with Crippen LogP contribution in [0.3, 0.4) is 0 Å². The first kappa shape index (κ1) is 26.3. The Bertz CT molecular complexity index is 849. The molecule has 6 N–H and O–H groups in total.